The largest absolute Gasteiger partial charge is 0.340 e. The standard InChI is InChI=1S/C21H16N6O2S/c22-30(28,29)14-4-1-3-13(11-14)26-21-16-7-8-23-12-18(16)15-5-2-6-17(19(15)27-21)20-24-9-10-25-20/h1-9,11-12H,10H2,(H,26,27)(H2,22,28,29). The van der Waals surface area contributed by atoms with E-state index in [2.05, 4.69) is 20.3 Å². The molecule has 0 radical (unpaired) electrons. The number of nitrogens with one attached hydrogen (secondary N) is 1. The molecule has 2 aromatic heterocycles. The highest BCUT2D eigenvalue weighted by molar-refractivity contribution is 7.89. The van der Waals surface area contributed by atoms with Crippen LogP contribution in [0.15, 0.2) is 75.8 Å². The molecule has 1 aliphatic heterocycles. The van der Waals surface area contributed by atoms with E-state index in [0.29, 0.717) is 23.9 Å². The minimum Gasteiger partial charge on any atom is -0.340 e. The van der Waals surface area contributed by atoms with Crippen molar-refractivity contribution < 1.29 is 8.42 Å². The number of nitrogens with zero attached hydrogens (tertiary/aromatic N) is 4. The normalized spacial score (nSPS) is 13.7. The van der Waals surface area contributed by atoms with Gasteiger partial charge in [0.15, 0.2) is 5.84 Å². The van der Waals surface area contributed by atoms with Crippen molar-refractivity contribution in [2.75, 3.05) is 11.9 Å². The van der Waals surface area contributed by atoms with E-state index in [4.69, 9.17) is 10.1 Å². The fourth-order valence-corrected chi connectivity index (χ4v) is 4.04. The maximum atomic E-state index is 11.7. The first-order valence-corrected chi connectivity index (χ1v) is 10.7. The monoisotopic (exact) mass is 416 g/mol. The average Bonchev–Trinajstić information content (AvgIpc) is 3.28. The summed E-state index contributed by atoms with van der Waals surface area (Å²) in [5, 5.41) is 11.2. The van der Waals surface area contributed by atoms with Crippen molar-refractivity contribution in [1.82, 2.24) is 9.97 Å². The van der Waals surface area contributed by atoms with Crippen LogP contribution in [-0.4, -0.2) is 37.0 Å². The molecule has 3 N–H and O–H groups in total. The lowest BCUT2D eigenvalue weighted by molar-refractivity contribution is 0.598. The van der Waals surface area contributed by atoms with E-state index in [1.807, 2.05) is 24.3 Å². The summed E-state index contributed by atoms with van der Waals surface area (Å²) in [6, 6.07) is 14.0. The Hall–Kier alpha value is -3.69. The van der Waals surface area contributed by atoms with Crippen LogP contribution in [0.25, 0.3) is 21.7 Å². The molecule has 5 rings (SSSR count). The molecule has 0 unspecified atom stereocenters. The smallest absolute Gasteiger partial charge is 0.238 e. The molecule has 0 fully saturated rings. The van der Waals surface area contributed by atoms with Gasteiger partial charge in [-0.25, -0.2) is 23.5 Å². The quantitative estimate of drug-likeness (QED) is 0.495. The lowest BCUT2D eigenvalue weighted by Crippen LogP contribution is -2.12. The molecule has 9 heteroatoms. The van der Waals surface area contributed by atoms with Gasteiger partial charge in [0.25, 0.3) is 0 Å². The zero-order valence-corrected chi connectivity index (χ0v) is 16.5. The van der Waals surface area contributed by atoms with Crippen molar-refractivity contribution in [2.45, 2.75) is 4.90 Å². The number of sulfonamides is 1. The minimum absolute atomic E-state index is 0.0228. The number of nitrogens with two attached hydrogens (primary N) is 1. The number of hydrogen-bond donors (Lipinski definition) is 2. The molecule has 4 aromatic rings. The van der Waals surface area contributed by atoms with Crippen LogP contribution in [0.1, 0.15) is 5.56 Å². The number of hydrogen-bond acceptors (Lipinski definition) is 7. The Morgan fingerprint density at radius 1 is 1.00 bits per heavy atom. The van der Waals surface area contributed by atoms with Gasteiger partial charge in [-0.1, -0.05) is 18.2 Å². The van der Waals surface area contributed by atoms with Gasteiger partial charge in [-0.3, -0.25) is 9.98 Å². The number of primary sulfonamides is 1. The highest BCUT2D eigenvalue weighted by Crippen LogP contribution is 2.32. The third kappa shape index (κ3) is 3.19. The number of rotatable bonds is 4. The average molecular weight is 416 g/mol. The lowest BCUT2D eigenvalue weighted by Gasteiger charge is -2.13. The van der Waals surface area contributed by atoms with Crippen molar-refractivity contribution in [1.29, 1.82) is 0 Å². The van der Waals surface area contributed by atoms with Crippen LogP contribution in [0.5, 0.6) is 0 Å². The Kier molecular flexibility index (Phi) is 4.27. The minimum atomic E-state index is -3.81. The summed E-state index contributed by atoms with van der Waals surface area (Å²) in [6.45, 7) is 0.548. The summed E-state index contributed by atoms with van der Waals surface area (Å²) in [6.07, 6.45) is 5.24. The molecule has 0 spiro atoms. The zero-order valence-electron chi connectivity index (χ0n) is 15.6. The molecule has 0 bridgehead atoms. The molecule has 0 saturated carbocycles. The number of amidine groups is 1. The van der Waals surface area contributed by atoms with Crippen LogP contribution < -0.4 is 10.5 Å². The maximum absolute atomic E-state index is 11.7. The van der Waals surface area contributed by atoms with Crippen molar-refractivity contribution in [3.05, 3.63) is 66.5 Å². The molecule has 0 saturated heterocycles. The first-order chi connectivity index (χ1) is 14.5. The second-order valence-corrected chi connectivity index (χ2v) is 8.32. The Labute approximate surface area is 172 Å². The molecule has 3 heterocycles. The Morgan fingerprint density at radius 2 is 1.87 bits per heavy atom. The molecule has 148 valence electrons. The first kappa shape index (κ1) is 18.3. The fourth-order valence-electron chi connectivity index (χ4n) is 3.48. The Bertz CT molecular complexity index is 1480. The fraction of sp³-hybridized carbons (Fsp3) is 0.0476. The highest BCUT2D eigenvalue weighted by Gasteiger charge is 2.16. The highest BCUT2D eigenvalue weighted by atomic mass is 32.2. The van der Waals surface area contributed by atoms with E-state index < -0.39 is 10.0 Å². The number of aromatic nitrogens is 2. The van der Waals surface area contributed by atoms with Gasteiger partial charge in [0.05, 0.1) is 17.0 Å². The maximum Gasteiger partial charge on any atom is 0.238 e. The molecule has 8 nitrogen and oxygen atoms in total. The van der Waals surface area contributed by atoms with E-state index in [0.717, 1.165) is 27.2 Å². The summed E-state index contributed by atoms with van der Waals surface area (Å²) in [4.78, 5) is 17.9. The molecular weight excluding hydrogens is 400 g/mol. The van der Waals surface area contributed by atoms with E-state index in [9.17, 15) is 8.42 Å². The summed E-state index contributed by atoms with van der Waals surface area (Å²) in [5.41, 5.74) is 2.12. The van der Waals surface area contributed by atoms with Crippen LogP contribution >= 0.6 is 0 Å². The number of benzene rings is 2. The summed E-state index contributed by atoms with van der Waals surface area (Å²) >= 11 is 0. The van der Waals surface area contributed by atoms with E-state index in [1.165, 1.54) is 12.1 Å². The van der Waals surface area contributed by atoms with Gasteiger partial charge in [-0.05, 0) is 30.3 Å². The summed E-state index contributed by atoms with van der Waals surface area (Å²) in [5.74, 6) is 1.21. The molecule has 1 aliphatic rings. The van der Waals surface area contributed by atoms with Gasteiger partial charge < -0.3 is 5.32 Å². The topological polar surface area (TPSA) is 123 Å². The third-order valence-electron chi connectivity index (χ3n) is 4.83. The molecule has 2 aromatic carbocycles. The van der Waals surface area contributed by atoms with E-state index in [1.54, 1.807) is 30.7 Å². The lowest BCUT2D eigenvalue weighted by atomic mass is 10.0. The van der Waals surface area contributed by atoms with Crippen molar-refractivity contribution >= 4 is 55.3 Å². The summed E-state index contributed by atoms with van der Waals surface area (Å²) in [7, 11) is -3.81. The Balaban J connectivity index is 1.73. The second kappa shape index (κ2) is 6.97. The van der Waals surface area contributed by atoms with E-state index in [-0.39, 0.29) is 4.90 Å². The third-order valence-corrected chi connectivity index (χ3v) is 5.74. The van der Waals surface area contributed by atoms with Crippen molar-refractivity contribution in [2.24, 2.45) is 15.1 Å². The number of anilines is 2. The van der Waals surface area contributed by atoms with Gasteiger partial charge in [-0.15, -0.1) is 0 Å². The molecule has 0 atom stereocenters. The van der Waals surface area contributed by atoms with Crippen LogP contribution in [-0.2, 0) is 10.0 Å². The number of para-hydroxylation sites is 1. The number of pyridine rings is 2. The van der Waals surface area contributed by atoms with Crippen molar-refractivity contribution in [3.63, 3.8) is 0 Å². The van der Waals surface area contributed by atoms with Crippen LogP contribution in [0.3, 0.4) is 0 Å². The second-order valence-electron chi connectivity index (χ2n) is 6.76. The SMILES string of the molecule is NS(=O)(=O)c1cccc(Nc2nc3c(C4=NCC=N4)cccc3c3cnccc23)c1. The van der Waals surface area contributed by atoms with Gasteiger partial charge in [0.2, 0.25) is 10.0 Å². The summed E-state index contributed by atoms with van der Waals surface area (Å²) < 4.78 is 23.4. The first-order valence-electron chi connectivity index (χ1n) is 9.14. The Morgan fingerprint density at radius 3 is 2.67 bits per heavy atom. The molecule has 0 aliphatic carbocycles. The van der Waals surface area contributed by atoms with Gasteiger partial charge in [0.1, 0.15) is 5.82 Å². The van der Waals surface area contributed by atoms with Crippen molar-refractivity contribution in [3.8, 4) is 0 Å². The van der Waals surface area contributed by atoms with Gasteiger partial charge in [0, 0.05) is 46.0 Å². The predicted octanol–water partition coefficient (Wildman–Crippen LogP) is 3.01. The van der Waals surface area contributed by atoms with E-state index >= 15 is 0 Å². The predicted molar refractivity (Wildman–Crippen MR) is 118 cm³/mol. The molecule has 30 heavy (non-hydrogen) atoms. The van der Waals surface area contributed by atoms with Crippen LogP contribution in [0.2, 0.25) is 0 Å². The van der Waals surface area contributed by atoms with Gasteiger partial charge in [-0.2, -0.15) is 0 Å². The number of aliphatic imine (C=N–C) groups is 2. The molecular formula is C21H16N6O2S. The van der Waals surface area contributed by atoms with Gasteiger partial charge >= 0.3 is 0 Å². The number of fused-ring (bicyclic) bond motifs is 3. The van der Waals surface area contributed by atoms with Crippen LogP contribution in [0.4, 0.5) is 11.5 Å². The molecule has 0 amide bonds. The van der Waals surface area contributed by atoms with Crippen LogP contribution in [0, 0.1) is 0 Å². The zero-order chi connectivity index (χ0) is 20.7.